The number of para-hydroxylation sites is 4. The standard InChI is InChI=1S/C43H26N4O2/c1-43(2)35-10-4-3-9-31(35)32-16-15-25(22-36(32)43)29-17-18-30(34(24-45)33(29)23-44)26-19-27(41-46-37-11-5-7-13-39(37)48-41)21-28(20-26)42-47-38-12-6-8-14-40(38)49-42/h3-22H,1-2H3. The second-order valence-electron chi connectivity index (χ2n) is 12.8. The predicted octanol–water partition coefficient (Wildman–Crippen LogP) is 10.7. The minimum Gasteiger partial charge on any atom is -0.436 e. The van der Waals surface area contributed by atoms with E-state index in [4.69, 9.17) is 18.8 Å². The molecule has 0 aliphatic heterocycles. The van der Waals surface area contributed by atoms with Gasteiger partial charge in [-0.3, -0.25) is 0 Å². The molecule has 0 radical (unpaired) electrons. The Morgan fingerprint density at radius 3 is 1.57 bits per heavy atom. The zero-order chi connectivity index (χ0) is 33.3. The topological polar surface area (TPSA) is 99.6 Å². The Bertz CT molecular complexity index is 2580. The maximum Gasteiger partial charge on any atom is 0.227 e. The van der Waals surface area contributed by atoms with Crippen LogP contribution in [0.5, 0.6) is 0 Å². The van der Waals surface area contributed by atoms with Crippen molar-refractivity contribution in [2.75, 3.05) is 0 Å². The van der Waals surface area contributed by atoms with Gasteiger partial charge in [0.2, 0.25) is 11.8 Å². The van der Waals surface area contributed by atoms with Crippen molar-refractivity contribution in [2.24, 2.45) is 0 Å². The molecule has 49 heavy (non-hydrogen) atoms. The molecular formula is C43H26N4O2. The number of rotatable bonds is 4. The molecule has 230 valence electrons. The average Bonchev–Trinajstić information content (AvgIpc) is 3.84. The third-order valence-electron chi connectivity index (χ3n) is 9.65. The summed E-state index contributed by atoms with van der Waals surface area (Å²) in [7, 11) is 0. The summed E-state index contributed by atoms with van der Waals surface area (Å²) >= 11 is 0. The predicted molar refractivity (Wildman–Crippen MR) is 190 cm³/mol. The van der Waals surface area contributed by atoms with Crippen LogP contribution < -0.4 is 0 Å². The number of aromatic nitrogens is 2. The Kier molecular flexibility index (Phi) is 6.18. The second kappa shape index (κ2) is 10.6. The fourth-order valence-electron chi connectivity index (χ4n) is 7.21. The van der Waals surface area contributed by atoms with Gasteiger partial charge in [-0.2, -0.15) is 10.5 Å². The number of nitrogens with zero attached hydrogens (tertiary/aromatic N) is 4. The minimum absolute atomic E-state index is 0.195. The number of fused-ring (bicyclic) bond motifs is 5. The molecule has 0 bridgehead atoms. The molecule has 6 aromatic carbocycles. The first kappa shape index (κ1) is 28.5. The van der Waals surface area contributed by atoms with Gasteiger partial charge in [0, 0.05) is 27.7 Å². The second-order valence-corrected chi connectivity index (χ2v) is 12.8. The van der Waals surface area contributed by atoms with Gasteiger partial charge in [0.05, 0.1) is 11.1 Å². The summed E-state index contributed by atoms with van der Waals surface area (Å²) in [6.07, 6.45) is 0. The lowest BCUT2D eigenvalue weighted by atomic mass is 9.81. The number of benzene rings is 6. The van der Waals surface area contributed by atoms with Crippen LogP contribution in [-0.2, 0) is 5.41 Å². The molecule has 0 fully saturated rings. The molecule has 0 atom stereocenters. The molecule has 0 amide bonds. The minimum atomic E-state index is -0.195. The first-order valence-corrected chi connectivity index (χ1v) is 16.0. The van der Waals surface area contributed by atoms with E-state index in [-0.39, 0.29) is 5.41 Å². The van der Waals surface area contributed by atoms with E-state index in [1.165, 1.54) is 22.3 Å². The van der Waals surface area contributed by atoms with Crippen LogP contribution in [0.3, 0.4) is 0 Å². The zero-order valence-electron chi connectivity index (χ0n) is 26.7. The van der Waals surface area contributed by atoms with E-state index < -0.39 is 0 Å². The maximum atomic E-state index is 10.6. The zero-order valence-corrected chi connectivity index (χ0v) is 26.7. The third-order valence-corrected chi connectivity index (χ3v) is 9.65. The summed E-state index contributed by atoms with van der Waals surface area (Å²) in [5, 5.41) is 21.2. The van der Waals surface area contributed by atoms with Crippen LogP contribution in [0.25, 0.3) is 78.5 Å². The molecule has 0 spiro atoms. The Balaban J connectivity index is 1.22. The lowest BCUT2D eigenvalue weighted by molar-refractivity contribution is 0.617. The normalized spacial score (nSPS) is 12.8. The lowest BCUT2D eigenvalue weighted by Gasteiger charge is -2.22. The number of hydrogen-bond donors (Lipinski definition) is 0. The summed E-state index contributed by atoms with van der Waals surface area (Å²) in [6.45, 7) is 4.46. The van der Waals surface area contributed by atoms with Gasteiger partial charge >= 0.3 is 0 Å². The van der Waals surface area contributed by atoms with Gasteiger partial charge in [-0.05, 0) is 81.9 Å². The van der Waals surface area contributed by atoms with Gasteiger partial charge in [-0.25, -0.2) is 9.97 Å². The quantitative estimate of drug-likeness (QED) is 0.192. The maximum absolute atomic E-state index is 10.6. The van der Waals surface area contributed by atoms with Gasteiger partial charge in [-0.15, -0.1) is 0 Å². The molecule has 1 aliphatic carbocycles. The van der Waals surface area contributed by atoms with Crippen LogP contribution in [-0.4, -0.2) is 9.97 Å². The Morgan fingerprint density at radius 1 is 0.490 bits per heavy atom. The van der Waals surface area contributed by atoms with Crippen LogP contribution in [0.1, 0.15) is 36.1 Å². The van der Waals surface area contributed by atoms with Crippen LogP contribution >= 0.6 is 0 Å². The molecule has 8 aromatic rings. The molecule has 9 rings (SSSR count). The Morgan fingerprint density at radius 2 is 0.980 bits per heavy atom. The fraction of sp³-hybridized carbons (Fsp3) is 0.0698. The molecule has 6 nitrogen and oxygen atoms in total. The van der Waals surface area contributed by atoms with Crippen molar-refractivity contribution >= 4 is 22.2 Å². The van der Waals surface area contributed by atoms with Crippen molar-refractivity contribution in [1.29, 1.82) is 10.5 Å². The van der Waals surface area contributed by atoms with Crippen molar-refractivity contribution in [2.45, 2.75) is 19.3 Å². The van der Waals surface area contributed by atoms with Gasteiger partial charge in [-0.1, -0.05) is 86.6 Å². The van der Waals surface area contributed by atoms with Crippen molar-refractivity contribution < 1.29 is 8.83 Å². The Labute approximate surface area is 282 Å². The van der Waals surface area contributed by atoms with Crippen LogP contribution in [0.2, 0.25) is 0 Å². The highest BCUT2D eigenvalue weighted by Gasteiger charge is 2.35. The summed E-state index contributed by atoms with van der Waals surface area (Å²) in [6, 6.07) is 44.4. The molecule has 0 saturated carbocycles. The Hall–Kier alpha value is -6.76. The molecule has 1 aliphatic rings. The molecule has 6 heteroatoms. The van der Waals surface area contributed by atoms with E-state index >= 15 is 0 Å². The molecule has 0 saturated heterocycles. The summed E-state index contributed by atoms with van der Waals surface area (Å²) in [5.74, 6) is 0.857. The highest BCUT2D eigenvalue weighted by Crippen LogP contribution is 2.50. The van der Waals surface area contributed by atoms with Crippen molar-refractivity contribution in [3.8, 4) is 68.4 Å². The largest absolute Gasteiger partial charge is 0.436 e. The van der Waals surface area contributed by atoms with Gasteiger partial charge in [0.25, 0.3) is 0 Å². The van der Waals surface area contributed by atoms with E-state index in [0.717, 1.165) is 16.6 Å². The van der Waals surface area contributed by atoms with Crippen LogP contribution in [0.15, 0.2) is 130 Å². The van der Waals surface area contributed by atoms with E-state index in [1.54, 1.807) is 0 Å². The van der Waals surface area contributed by atoms with Crippen molar-refractivity contribution in [1.82, 2.24) is 9.97 Å². The van der Waals surface area contributed by atoms with E-state index in [9.17, 15) is 10.5 Å². The highest BCUT2D eigenvalue weighted by molar-refractivity contribution is 5.89. The molecule has 0 N–H and O–H groups in total. The van der Waals surface area contributed by atoms with Crippen molar-refractivity contribution in [3.05, 3.63) is 144 Å². The molecule has 2 heterocycles. The van der Waals surface area contributed by atoms with E-state index in [0.29, 0.717) is 61.9 Å². The van der Waals surface area contributed by atoms with Crippen LogP contribution in [0, 0.1) is 22.7 Å². The summed E-state index contributed by atoms with van der Waals surface area (Å²) < 4.78 is 12.3. The third kappa shape index (κ3) is 4.39. The van der Waals surface area contributed by atoms with E-state index in [1.807, 2.05) is 84.9 Å². The molecule has 0 unspecified atom stereocenters. The average molecular weight is 631 g/mol. The SMILES string of the molecule is CC1(C)c2ccccc2-c2ccc(-c3ccc(-c4cc(-c5nc6ccccc6o5)cc(-c5nc6ccccc6o5)c4)c(C#N)c3C#N)cc21. The van der Waals surface area contributed by atoms with Gasteiger partial charge in [0.15, 0.2) is 11.2 Å². The summed E-state index contributed by atoms with van der Waals surface area (Å²) in [5.41, 5.74) is 12.5. The van der Waals surface area contributed by atoms with E-state index in [2.05, 4.69) is 62.4 Å². The number of nitriles is 2. The number of oxazole rings is 2. The van der Waals surface area contributed by atoms with Crippen LogP contribution in [0.4, 0.5) is 0 Å². The molecule has 2 aromatic heterocycles. The van der Waals surface area contributed by atoms with Gasteiger partial charge < -0.3 is 8.83 Å². The summed E-state index contributed by atoms with van der Waals surface area (Å²) in [4.78, 5) is 9.49. The smallest absolute Gasteiger partial charge is 0.227 e. The van der Waals surface area contributed by atoms with Crippen molar-refractivity contribution in [3.63, 3.8) is 0 Å². The highest BCUT2D eigenvalue weighted by atomic mass is 16.4. The lowest BCUT2D eigenvalue weighted by Crippen LogP contribution is -2.14. The number of hydrogen-bond acceptors (Lipinski definition) is 6. The molecular weight excluding hydrogens is 604 g/mol. The fourth-order valence-corrected chi connectivity index (χ4v) is 7.21. The van der Waals surface area contributed by atoms with Gasteiger partial charge in [0.1, 0.15) is 23.2 Å². The first-order valence-electron chi connectivity index (χ1n) is 16.0. The monoisotopic (exact) mass is 630 g/mol. The first-order chi connectivity index (χ1) is 23.9.